The van der Waals surface area contributed by atoms with Crippen LogP contribution in [0, 0.1) is 0 Å². The average Bonchev–Trinajstić information content (AvgIpc) is 3.16. The lowest BCUT2D eigenvalue weighted by atomic mass is 9.91. The minimum Gasteiger partial charge on any atom is -0.495 e. The Bertz CT molecular complexity index is 1050. The van der Waals surface area contributed by atoms with Crippen LogP contribution in [0.3, 0.4) is 0 Å². The summed E-state index contributed by atoms with van der Waals surface area (Å²) < 4.78 is 5.31. The number of aromatic amines is 1. The first-order valence-corrected chi connectivity index (χ1v) is 10.4. The van der Waals surface area contributed by atoms with Gasteiger partial charge in [-0.25, -0.2) is 9.97 Å². The Balaban J connectivity index is 1.49. The molecule has 1 fully saturated rings. The molecule has 8 nitrogen and oxygen atoms in total. The van der Waals surface area contributed by atoms with E-state index < -0.39 is 0 Å². The number of pyridine rings is 2. The first-order valence-electron chi connectivity index (χ1n) is 9.99. The van der Waals surface area contributed by atoms with Gasteiger partial charge in [-0.1, -0.05) is 11.6 Å². The molecule has 1 aliphatic rings. The van der Waals surface area contributed by atoms with E-state index in [1.807, 2.05) is 24.4 Å². The monoisotopic (exact) mass is 428 g/mol. The Hall–Kier alpha value is -2.84. The van der Waals surface area contributed by atoms with Gasteiger partial charge in [-0.3, -0.25) is 4.79 Å². The molecular weight excluding hydrogens is 404 g/mol. The molecule has 0 unspecified atom stereocenters. The summed E-state index contributed by atoms with van der Waals surface area (Å²) >= 11 is 6.33. The minimum absolute atomic E-state index is 0.228. The van der Waals surface area contributed by atoms with Crippen LogP contribution in [-0.4, -0.2) is 46.6 Å². The lowest BCUT2D eigenvalue weighted by Crippen LogP contribution is -2.40. The highest BCUT2D eigenvalue weighted by atomic mass is 35.5. The molecule has 3 heterocycles. The molecule has 1 amide bonds. The molecule has 0 aromatic carbocycles. The van der Waals surface area contributed by atoms with E-state index in [2.05, 4.69) is 25.6 Å². The third-order valence-corrected chi connectivity index (χ3v) is 5.68. The molecule has 0 spiro atoms. The van der Waals surface area contributed by atoms with Gasteiger partial charge in [-0.05, 0) is 49.4 Å². The van der Waals surface area contributed by atoms with E-state index in [1.54, 1.807) is 13.3 Å². The number of methoxy groups -OCH3 is 1. The van der Waals surface area contributed by atoms with Crippen LogP contribution in [0.2, 0.25) is 5.15 Å². The van der Waals surface area contributed by atoms with Gasteiger partial charge in [-0.2, -0.15) is 0 Å². The number of aromatic nitrogens is 3. The van der Waals surface area contributed by atoms with Crippen molar-refractivity contribution in [1.82, 2.24) is 20.3 Å². The van der Waals surface area contributed by atoms with E-state index >= 15 is 0 Å². The van der Waals surface area contributed by atoms with Gasteiger partial charge in [0, 0.05) is 29.2 Å². The highest BCUT2D eigenvalue weighted by Crippen LogP contribution is 2.33. The summed E-state index contributed by atoms with van der Waals surface area (Å²) in [5.41, 5.74) is 7.94. The number of primary amides is 1. The average molecular weight is 429 g/mol. The van der Waals surface area contributed by atoms with E-state index in [0.29, 0.717) is 23.0 Å². The fourth-order valence-electron chi connectivity index (χ4n) is 3.96. The molecular formula is C21H25ClN6O2. The van der Waals surface area contributed by atoms with E-state index in [4.69, 9.17) is 22.1 Å². The fourth-order valence-corrected chi connectivity index (χ4v) is 4.17. The second kappa shape index (κ2) is 8.89. The number of nitrogens with zero attached hydrogens (tertiary/aromatic N) is 2. The van der Waals surface area contributed by atoms with Crippen molar-refractivity contribution in [2.75, 3.05) is 19.0 Å². The number of hydrogen-bond donors (Lipinski definition) is 4. The summed E-state index contributed by atoms with van der Waals surface area (Å²) in [7, 11) is 1.62. The maximum Gasteiger partial charge on any atom is 0.231 e. The number of nitrogens with two attached hydrogens (primary N) is 1. The highest BCUT2D eigenvalue weighted by Gasteiger charge is 2.22. The lowest BCUT2D eigenvalue weighted by Gasteiger charge is -2.30. The van der Waals surface area contributed by atoms with Crippen LogP contribution in [0.1, 0.15) is 25.7 Å². The minimum atomic E-state index is -0.323. The quantitative estimate of drug-likeness (QED) is 0.429. The van der Waals surface area contributed by atoms with E-state index in [9.17, 15) is 4.79 Å². The smallest absolute Gasteiger partial charge is 0.231 e. The van der Waals surface area contributed by atoms with Crippen LogP contribution in [0.25, 0.3) is 22.2 Å². The second-order valence-electron chi connectivity index (χ2n) is 7.58. The standard InChI is InChI=1S/C21H25ClN6O2/c1-30-15-8-16-17(10-26-21(16)25-9-15)12-6-18(22)28-20(7-12)27-14-4-2-13(3-5-14)24-11-19(23)29/h6-10,13-14,24H,2-5,11H2,1H3,(H2,23,29)(H,25,26)(H,27,28)/t13-,14-. The Morgan fingerprint density at radius 1 is 1.27 bits per heavy atom. The number of anilines is 1. The molecule has 3 aromatic rings. The zero-order valence-corrected chi connectivity index (χ0v) is 17.5. The van der Waals surface area contributed by atoms with Crippen LogP contribution in [0.5, 0.6) is 5.75 Å². The molecule has 5 N–H and O–H groups in total. The van der Waals surface area contributed by atoms with Crippen LogP contribution in [-0.2, 0) is 4.79 Å². The van der Waals surface area contributed by atoms with E-state index in [0.717, 1.165) is 53.7 Å². The molecule has 158 valence electrons. The summed E-state index contributed by atoms with van der Waals surface area (Å²) in [6.07, 6.45) is 7.52. The molecule has 0 saturated heterocycles. The maximum atomic E-state index is 10.9. The molecule has 1 saturated carbocycles. The number of H-pyrrole nitrogens is 1. The van der Waals surface area contributed by atoms with Gasteiger partial charge in [0.15, 0.2) is 0 Å². The van der Waals surface area contributed by atoms with Crippen molar-refractivity contribution in [3.63, 3.8) is 0 Å². The van der Waals surface area contributed by atoms with Crippen molar-refractivity contribution < 1.29 is 9.53 Å². The normalized spacial score (nSPS) is 19.0. The first-order chi connectivity index (χ1) is 14.5. The number of fused-ring (bicyclic) bond motifs is 1. The molecule has 0 aliphatic heterocycles. The first kappa shape index (κ1) is 20.4. The van der Waals surface area contributed by atoms with Crippen LogP contribution in [0.15, 0.2) is 30.6 Å². The number of ether oxygens (including phenoxy) is 1. The van der Waals surface area contributed by atoms with Gasteiger partial charge >= 0.3 is 0 Å². The van der Waals surface area contributed by atoms with Crippen molar-refractivity contribution in [1.29, 1.82) is 0 Å². The molecule has 4 rings (SSSR count). The van der Waals surface area contributed by atoms with Crippen LogP contribution < -0.4 is 21.1 Å². The Kier molecular flexibility index (Phi) is 6.06. The van der Waals surface area contributed by atoms with Crippen LogP contribution in [0.4, 0.5) is 5.82 Å². The summed E-state index contributed by atoms with van der Waals surface area (Å²) in [6.45, 7) is 0.228. The number of hydrogen-bond acceptors (Lipinski definition) is 6. The van der Waals surface area contributed by atoms with Gasteiger partial charge in [0.25, 0.3) is 0 Å². The third kappa shape index (κ3) is 4.66. The predicted octanol–water partition coefficient (Wildman–Crippen LogP) is 3.08. The number of nitrogens with one attached hydrogen (secondary N) is 3. The third-order valence-electron chi connectivity index (χ3n) is 5.49. The lowest BCUT2D eigenvalue weighted by molar-refractivity contribution is -0.117. The van der Waals surface area contributed by atoms with Gasteiger partial charge < -0.3 is 26.1 Å². The molecule has 1 aliphatic carbocycles. The van der Waals surface area contributed by atoms with Gasteiger partial charge in [-0.15, -0.1) is 0 Å². The number of carbonyl (C=O) groups is 1. The number of rotatable bonds is 7. The van der Waals surface area contributed by atoms with Gasteiger partial charge in [0.05, 0.1) is 19.9 Å². The Morgan fingerprint density at radius 2 is 2.03 bits per heavy atom. The highest BCUT2D eigenvalue weighted by molar-refractivity contribution is 6.29. The predicted molar refractivity (Wildman–Crippen MR) is 118 cm³/mol. The summed E-state index contributed by atoms with van der Waals surface area (Å²) in [5, 5.41) is 8.11. The maximum absolute atomic E-state index is 10.9. The number of amides is 1. The molecule has 9 heteroatoms. The SMILES string of the molecule is COc1cnc2[nH]cc(-c3cc(Cl)nc(N[C@H]4CC[C@H](NCC(N)=O)CC4)c3)c2c1. The zero-order chi connectivity index (χ0) is 21.1. The molecule has 3 aromatic heterocycles. The van der Waals surface area contributed by atoms with Crippen LogP contribution >= 0.6 is 11.6 Å². The topological polar surface area (TPSA) is 118 Å². The van der Waals surface area contributed by atoms with E-state index in [-0.39, 0.29) is 12.5 Å². The van der Waals surface area contributed by atoms with Crippen molar-refractivity contribution >= 4 is 34.4 Å². The largest absolute Gasteiger partial charge is 0.495 e. The summed E-state index contributed by atoms with van der Waals surface area (Å²) in [4.78, 5) is 23.0. The number of halogens is 1. The van der Waals surface area contributed by atoms with E-state index in [1.165, 1.54) is 0 Å². The van der Waals surface area contributed by atoms with Gasteiger partial charge in [0.1, 0.15) is 22.4 Å². The summed E-state index contributed by atoms with van der Waals surface area (Å²) in [6, 6.07) is 6.44. The Morgan fingerprint density at radius 3 is 2.77 bits per heavy atom. The zero-order valence-electron chi connectivity index (χ0n) is 16.7. The second-order valence-corrected chi connectivity index (χ2v) is 7.96. The van der Waals surface area contributed by atoms with Crippen molar-refractivity contribution in [3.05, 3.63) is 35.7 Å². The van der Waals surface area contributed by atoms with Crippen molar-refractivity contribution in [2.45, 2.75) is 37.8 Å². The molecule has 0 bridgehead atoms. The molecule has 30 heavy (non-hydrogen) atoms. The van der Waals surface area contributed by atoms with Crippen molar-refractivity contribution in [2.24, 2.45) is 5.73 Å². The van der Waals surface area contributed by atoms with Crippen molar-refractivity contribution in [3.8, 4) is 16.9 Å². The molecule has 0 radical (unpaired) electrons. The Labute approximate surface area is 179 Å². The number of carbonyl (C=O) groups excluding carboxylic acids is 1. The molecule has 0 atom stereocenters. The fraction of sp³-hybridized carbons (Fsp3) is 0.381. The van der Waals surface area contributed by atoms with Gasteiger partial charge in [0.2, 0.25) is 5.91 Å². The summed E-state index contributed by atoms with van der Waals surface area (Å²) in [5.74, 6) is 1.12.